The molecule has 4 N–H and O–H groups in total. The van der Waals surface area contributed by atoms with Gasteiger partial charge in [0.2, 0.25) is 0 Å². The van der Waals surface area contributed by atoms with Crippen LogP contribution < -0.4 is 16.4 Å². The van der Waals surface area contributed by atoms with Crippen LogP contribution in [0.3, 0.4) is 0 Å². The van der Waals surface area contributed by atoms with E-state index in [1.807, 2.05) is 24.4 Å². The zero-order valence-corrected chi connectivity index (χ0v) is 15.3. The first-order valence-electron chi connectivity index (χ1n) is 9.59. The number of rotatable bonds is 3. The van der Waals surface area contributed by atoms with E-state index in [1.54, 1.807) is 10.7 Å². The average Bonchev–Trinajstić information content (AvgIpc) is 3.30. The van der Waals surface area contributed by atoms with Crippen LogP contribution in [-0.2, 0) is 6.54 Å². The van der Waals surface area contributed by atoms with E-state index in [-0.39, 0.29) is 35.9 Å². The normalized spacial score (nSPS) is 21.6. The van der Waals surface area contributed by atoms with Crippen molar-refractivity contribution in [1.82, 2.24) is 19.9 Å². The molecule has 3 aromatic heterocycles. The summed E-state index contributed by atoms with van der Waals surface area (Å²) in [6, 6.07) is 5.59. The fourth-order valence-electron chi connectivity index (χ4n) is 4.20. The number of amides is 1. The minimum atomic E-state index is -0.480. The largest absolute Gasteiger partial charge is 0.363 e. The smallest absolute Gasteiger partial charge is 0.254 e. The number of nitrogens with zero attached hydrogens (tertiary/aromatic N) is 3. The fourth-order valence-corrected chi connectivity index (χ4v) is 4.20. The van der Waals surface area contributed by atoms with Gasteiger partial charge in [0.15, 0.2) is 11.6 Å². The molecule has 0 aromatic carbocycles. The Hall–Kier alpha value is -3.00. The lowest BCUT2D eigenvalue weighted by Crippen LogP contribution is -2.43. The molecule has 1 aliphatic carbocycles. The van der Waals surface area contributed by atoms with E-state index in [1.165, 1.54) is 0 Å². The maximum absolute atomic E-state index is 15.2. The van der Waals surface area contributed by atoms with Crippen LogP contribution in [0.2, 0.25) is 0 Å². The van der Waals surface area contributed by atoms with Crippen LogP contribution >= 0.6 is 0 Å². The van der Waals surface area contributed by atoms with Crippen LogP contribution in [0.25, 0.3) is 16.8 Å². The monoisotopic (exact) mass is 380 g/mol. The Morgan fingerprint density at radius 3 is 3.00 bits per heavy atom. The number of carbonyl (C=O) groups excluding carboxylic acids is 1. The molecule has 0 radical (unpaired) electrons. The third-order valence-corrected chi connectivity index (χ3v) is 5.71. The third-order valence-electron chi connectivity index (χ3n) is 5.71. The second kappa shape index (κ2) is 6.56. The van der Waals surface area contributed by atoms with Crippen LogP contribution in [0, 0.1) is 5.82 Å². The van der Waals surface area contributed by atoms with E-state index >= 15 is 4.39 Å². The van der Waals surface area contributed by atoms with Crippen LogP contribution in [0.5, 0.6) is 0 Å². The number of fused-ring (bicyclic) bond motifs is 2. The molecule has 144 valence electrons. The molecule has 0 saturated heterocycles. The minimum absolute atomic E-state index is 0.0318. The molecule has 8 heteroatoms. The zero-order valence-electron chi connectivity index (χ0n) is 15.3. The van der Waals surface area contributed by atoms with E-state index in [0.717, 1.165) is 31.2 Å². The van der Waals surface area contributed by atoms with Gasteiger partial charge >= 0.3 is 0 Å². The van der Waals surface area contributed by atoms with Gasteiger partial charge in [-0.05, 0) is 25.0 Å². The maximum atomic E-state index is 15.2. The van der Waals surface area contributed by atoms with Gasteiger partial charge in [-0.1, -0.05) is 18.9 Å². The van der Waals surface area contributed by atoms with Crippen molar-refractivity contribution in [1.29, 1.82) is 0 Å². The van der Waals surface area contributed by atoms with Gasteiger partial charge in [0.1, 0.15) is 0 Å². The predicted molar refractivity (Wildman–Crippen MR) is 103 cm³/mol. The number of halogens is 1. The summed E-state index contributed by atoms with van der Waals surface area (Å²) in [4.78, 5) is 17.0. The molecule has 2 unspecified atom stereocenters. The van der Waals surface area contributed by atoms with Crippen LogP contribution in [-0.4, -0.2) is 32.6 Å². The van der Waals surface area contributed by atoms with Crippen molar-refractivity contribution in [3.63, 3.8) is 0 Å². The Bertz CT molecular complexity index is 1080. The topological polar surface area (TPSA) is 97.3 Å². The second-order valence-electron chi connectivity index (χ2n) is 7.45. The van der Waals surface area contributed by atoms with Crippen molar-refractivity contribution < 1.29 is 9.18 Å². The lowest BCUT2D eigenvalue weighted by molar-refractivity contribution is 0.0966. The molecule has 0 spiro atoms. The van der Waals surface area contributed by atoms with Gasteiger partial charge in [0.05, 0.1) is 23.0 Å². The van der Waals surface area contributed by atoms with Gasteiger partial charge in [-0.3, -0.25) is 4.79 Å². The zero-order chi connectivity index (χ0) is 19.3. The van der Waals surface area contributed by atoms with Crippen molar-refractivity contribution in [3.05, 3.63) is 47.5 Å². The summed E-state index contributed by atoms with van der Waals surface area (Å²) in [5, 5.41) is 10.3. The number of pyridine rings is 2. The number of anilines is 1. The Morgan fingerprint density at radius 2 is 2.14 bits per heavy atom. The molecule has 3 aromatic rings. The first kappa shape index (κ1) is 17.1. The van der Waals surface area contributed by atoms with E-state index in [4.69, 9.17) is 5.73 Å². The van der Waals surface area contributed by atoms with E-state index in [9.17, 15) is 4.79 Å². The first-order valence-corrected chi connectivity index (χ1v) is 9.59. The predicted octanol–water partition coefficient (Wildman–Crippen LogP) is 2.46. The van der Waals surface area contributed by atoms with E-state index < -0.39 is 5.82 Å². The molecular weight excluding hydrogens is 359 g/mol. The molecular formula is C20H21FN6O. The van der Waals surface area contributed by atoms with Crippen molar-refractivity contribution in [3.8, 4) is 11.3 Å². The van der Waals surface area contributed by atoms with Crippen molar-refractivity contribution in [2.75, 3.05) is 5.32 Å². The third kappa shape index (κ3) is 2.63. The van der Waals surface area contributed by atoms with Crippen LogP contribution in [0.1, 0.15) is 41.6 Å². The highest BCUT2D eigenvalue weighted by atomic mass is 19.1. The number of aromatic nitrogens is 3. The Morgan fingerprint density at radius 1 is 1.29 bits per heavy atom. The molecule has 2 atom stereocenters. The average molecular weight is 380 g/mol. The summed E-state index contributed by atoms with van der Waals surface area (Å²) < 4.78 is 16.9. The second-order valence-corrected chi connectivity index (χ2v) is 7.45. The molecule has 28 heavy (non-hydrogen) atoms. The molecule has 7 nitrogen and oxygen atoms in total. The van der Waals surface area contributed by atoms with Crippen molar-refractivity contribution in [2.45, 2.75) is 44.3 Å². The molecule has 5 rings (SSSR count). The highest BCUT2D eigenvalue weighted by Gasteiger charge is 2.32. The Balaban J connectivity index is 1.66. The summed E-state index contributed by atoms with van der Waals surface area (Å²) in [5.74, 6) is -0.637. The summed E-state index contributed by atoms with van der Waals surface area (Å²) >= 11 is 0. The highest BCUT2D eigenvalue weighted by Crippen LogP contribution is 2.35. The van der Waals surface area contributed by atoms with Gasteiger partial charge in [-0.2, -0.15) is 5.10 Å². The quantitative estimate of drug-likeness (QED) is 0.649. The first-order chi connectivity index (χ1) is 13.6. The van der Waals surface area contributed by atoms with Crippen molar-refractivity contribution >= 4 is 17.2 Å². The fraction of sp³-hybridized carbons (Fsp3) is 0.350. The summed E-state index contributed by atoms with van der Waals surface area (Å²) in [6.45, 7) is 0.153. The minimum Gasteiger partial charge on any atom is -0.363 e. The molecule has 4 heterocycles. The molecule has 1 saturated carbocycles. The summed E-state index contributed by atoms with van der Waals surface area (Å²) in [5.41, 5.74) is 8.81. The lowest BCUT2D eigenvalue weighted by atomic mass is 9.91. The van der Waals surface area contributed by atoms with Gasteiger partial charge in [0, 0.05) is 36.0 Å². The maximum Gasteiger partial charge on any atom is 0.254 e. The number of nitrogens with two attached hydrogens (primary N) is 1. The molecule has 1 amide bonds. The Labute approximate surface area is 161 Å². The highest BCUT2D eigenvalue weighted by molar-refractivity contribution is 6.05. The van der Waals surface area contributed by atoms with Gasteiger partial charge in [-0.25, -0.2) is 13.9 Å². The number of carbonyl (C=O) groups is 1. The van der Waals surface area contributed by atoms with Gasteiger partial charge in [0.25, 0.3) is 5.91 Å². The van der Waals surface area contributed by atoms with Gasteiger partial charge in [-0.15, -0.1) is 0 Å². The van der Waals surface area contributed by atoms with Crippen LogP contribution in [0.4, 0.5) is 10.2 Å². The summed E-state index contributed by atoms with van der Waals surface area (Å²) in [6.07, 6.45) is 7.42. The number of hydrogen-bond acceptors (Lipinski definition) is 5. The van der Waals surface area contributed by atoms with Gasteiger partial charge < -0.3 is 16.4 Å². The number of nitrogens with one attached hydrogen (secondary N) is 2. The number of hydrogen-bond donors (Lipinski definition) is 3. The Kier molecular flexibility index (Phi) is 4.01. The van der Waals surface area contributed by atoms with E-state index in [2.05, 4.69) is 20.7 Å². The van der Waals surface area contributed by atoms with Crippen LogP contribution in [0.15, 0.2) is 30.6 Å². The standard InChI is InChI=1S/C20H21FN6O/c21-17-12-9-23-20(28)16(12)18(11-10-24-27-8-4-3-7-15(11)27)26-19(17)25-14-6-2-1-5-13(14)22/h3-4,7-8,10,13-14H,1-2,5-6,9,22H2,(H,23,28)(H,25,26). The molecule has 2 aliphatic rings. The molecule has 1 fully saturated rings. The molecule has 0 bridgehead atoms. The lowest BCUT2D eigenvalue weighted by Gasteiger charge is -2.30. The molecule has 1 aliphatic heterocycles. The SMILES string of the molecule is NC1CCCCC1Nc1nc(-c2cnn3ccccc23)c2c(c1F)CNC2=O. The summed E-state index contributed by atoms with van der Waals surface area (Å²) in [7, 11) is 0. The van der Waals surface area contributed by atoms with E-state index in [0.29, 0.717) is 16.8 Å². The van der Waals surface area contributed by atoms with Crippen molar-refractivity contribution in [2.24, 2.45) is 5.73 Å².